The molecule has 0 spiro atoms. The molecular weight excluding hydrogens is 277 g/mol. The van der Waals surface area contributed by atoms with E-state index in [1.165, 1.54) is 25.4 Å². The highest BCUT2D eigenvalue weighted by atomic mass is 19.4. The Hall–Kier alpha value is -2.51. The lowest BCUT2D eigenvalue weighted by molar-refractivity contribution is -0.274. The van der Waals surface area contributed by atoms with Crippen LogP contribution in [0, 0.1) is 0 Å². The predicted molar refractivity (Wildman–Crippen MR) is 63.5 cm³/mol. The van der Waals surface area contributed by atoms with Crippen molar-refractivity contribution in [1.29, 1.82) is 0 Å². The summed E-state index contributed by atoms with van der Waals surface area (Å²) in [5.74, 6) is -0.134. The van der Waals surface area contributed by atoms with Crippen molar-refractivity contribution < 1.29 is 22.6 Å². The van der Waals surface area contributed by atoms with Gasteiger partial charge in [-0.2, -0.15) is 0 Å². The third-order valence-corrected chi connectivity index (χ3v) is 2.33. The van der Waals surface area contributed by atoms with Crippen molar-refractivity contribution in [2.45, 2.75) is 6.36 Å². The third kappa shape index (κ3) is 3.28. The summed E-state index contributed by atoms with van der Waals surface area (Å²) in [6.07, 6.45) is -3.50. The minimum atomic E-state index is -4.79. The van der Waals surface area contributed by atoms with Crippen LogP contribution in [-0.2, 0) is 0 Å². The van der Waals surface area contributed by atoms with Crippen LogP contribution in [0.2, 0.25) is 0 Å². The van der Waals surface area contributed by atoms with Gasteiger partial charge >= 0.3 is 6.36 Å². The lowest BCUT2D eigenvalue weighted by Gasteiger charge is -2.12. The quantitative estimate of drug-likeness (QED) is 0.940. The van der Waals surface area contributed by atoms with Crippen LogP contribution in [0.5, 0.6) is 11.5 Å². The minimum Gasteiger partial charge on any atom is -0.496 e. The molecule has 0 saturated heterocycles. The topological polar surface area (TPSA) is 64.2 Å². The van der Waals surface area contributed by atoms with E-state index in [4.69, 9.17) is 4.74 Å². The highest BCUT2D eigenvalue weighted by molar-refractivity contribution is 5.65. The molecule has 0 bridgehead atoms. The van der Waals surface area contributed by atoms with E-state index in [0.717, 1.165) is 12.1 Å². The first-order chi connectivity index (χ1) is 9.39. The van der Waals surface area contributed by atoms with Gasteiger partial charge in [-0.15, -0.1) is 13.2 Å². The molecule has 0 radical (unpaired) electrons. The fraction of sp³-hybridized carbons (Fsp3) is 0.167. The van der Waals surface area contributed by atoms with E-state index >= 15 is 0 Å². The molecule has 0 amide bonds. The van der Waals surface area contributed by atoms with E-state index < -0.39 is 12.1 Å². The van der Waals surface area contributed by atoms with Gasteiger partial charge in [0, 0.05) is 18.3 Å². The molecule has 2 rings (SSSR count). The van der Waals surface area contributed by atoms with E-state index in [1.807, 2.05) is 0 Å². The van der Waals surface area contributed by atoms with Crippen molar-refractivity contribution in [3.8, 4) is 22.9 Å². The molecule has 0 unspecified atom stereocenters. The average Bonchev–Trinajstić information content (AvgIpc) is 2.36. The highest BCUT2D eigenvalue weighted by Gasteiger charge is 2.31. The zero-order valence-electron chi connectivity index (χ0n) is 10.2. The van der Waals surface area contributed by atoms with Crippen LogP contribution in [0.1, 0.15) is 0 Å². The Morgan fingerprint density at radius 1 is 1.25 bits per heavy atom. The smallest absolute Gasteiger partial charge is 0.496 e. The number of hydrogen-bond acceptors (Lipinski definition) is 4. The van der Waals surface area contributed by atoms with Gasteiger partial charge in [-0.05, 0) is 12.1 Å². The van der Waals surface area contributed by atoms with E-state index in [1.54, 1.807) is 0 Å². The summed E-state index contributed by atoms with van der Waals surface area (Å²) in [6, 6.07) is 4.71. The molecule has 0 aliphatic heterocycles. The monoisotopic (exact) mass is 286 g/mol. The Balaban J connectivity index is 2.43. The first kappa shape index (κ1) is 13.9. The summed E-state index contributed by atoms with van der Waals surface area (Å²) in [4.78, 5) is 17.6. The number of H-pyrrole nitrogens is 1. The molecule has 1 heterocycles. The summed E-state index contributed by atoms with van der Waals surface area (Å²) in [5, 5.41) is 0. The van der Waals surface area contributed by atoms with Gasteiger partial charge in [0.05, 0.1) is 12.7 Å². The number of hydrogen-bond donors (Lipinski definition) is 1. The van der Waals surface area contributed by atoms with Gasteiger partial charge in [0.1, 0.15) is 17.3 Å². The Morgan fingerprint density at radius 2 is 2.00 bits per heavy atom. The number of rotatable bonds is 3. The summed E-state index contributed by atoms with van der Waals surface area (Å²) < 4.78 is 45.2. The van der Waals surface area contributed by atoms with Crippen molar-refractivity contribution in [3.63, 3.8) is 0 Å². The molecule has 0 atom stereocenters. The normalized spacial score (nSPS) is 11.2. The van der Waals surface area contributed by atoms with Crippen LogP contribution in [0.3, 0.4) is 0 Å². The fourth-order valence-electron chi connectivity index (χ4n) is 1.57. The van der Waals surface area contributed by atoms with Crippen LogP contribution in [0.15, 0.2) is 35.3 Å². The lowest BCUT2D eigenvalue weighted by atomic mass is 10.1. The molecule has 8 heteroatoms. The predicted octanol–water partition coefficient (Wildman–Crippen LogP) is 2.34. The van der Waals surface area contributed by atoms with Crippen LogP contribution in [0.4, 0.5) is 13.2 Å². The maximum atomic E-state index is 12.1. The molecule has 1 N–H and O–H groups in total. The number of aromatic nitrogens is 2. The standard InChI is InChI=1S/C12H9F3N2O3/c1-19-9-6-7(20-12(13,14)15)2-3-8(9)11-16-5-4-10(18)17-11/h2-6H,1H3,(H,16,17,18). The first-order valence-electron chi connectivity index (χ1n) is 5.38. The number of nitrogens with zero attached hydrogens (tertiary/aromatic N) is 1. The molecule has 0 aliphatic rings. The molecule has 5 nitrogen and oxygen atoms in total. The molecule has 1 aromatic carbocycles. The van der Waals surface area contributed by atoms with E-state index in [-0.39, 0.29) is 17.1 Å². The summed E-state index contributed by atoms with van der Waals surface area (Å²) in [7, 11) is 1.29. The van der Waals surface area contributed by atoms with Crippen molar-refractivity contribution >= 4 is 0 Å². The minimum absolute atomic E-state index is 0.0982. The summed E-state index contributed by atoms with van der Waals surface area (Å²) in [6.45, 7) is 0. The maximum Gasteiger partial charge on any atom is 0.573 e. The number of alkyl halides is 3. The van der Waals surface area contributed by atoms with Crippen molar-refractivity contribution in [1.82, 2.24) is 9.97 Å². The molecular formula is C12H9F3N2O3. The molecule has 1 aromatic heterocycles. The van der Waals surface area contributed by atoms with Gasteiger partial charge in [0.25, 0.3) is 5.56 Å². The second-order valence-corrected chi connectivity index (χ2v) is 3.69. The fourth-order valence-corrected chi connectivity index (χ4v) is 1.57. The zero-order chi connectivity index (χ0) is 14.8. The number of benzene rings is 1. The van der Waals surface area contributed by atoms with Gasteiger partial charge in [-0.1, -0.05) is 0 Å². The SMILES string of the molecule is COc1cc(OC(F)(F)F)ccc1-c1nccc(=O)[nH]1. The number of aromatic amines is 1. The van der Waals surface area contributed by atoms with Crippen molar-refractivity contribution in [2.24, 2.45) is 0 Å². The molecule has 0 fully saturated rings. The number of ether oxygens (including phenoxy) is 2. The maximum absolute atomic E-state index is 12.1. The van der Waals surface area contributed by atoms with Gasteiger partial charge in [-0.3, -0.25) is 4.79 Å². The lowest BCUT2D eigenvalue weighted by Crippen LogP contribution is -2.17. The van der Waals surface area contributed by atoms with Crippen LogP contribution < -0.4 is 15.0 Å². The molecule has 20 heavy (non-hydrogen) atoms. The second kappa shape index (κ2) is 5.24. The van der Waals surface area contributed by atoms with Gasteiger partial charge in [0.15, 0.2) is 0 Å². The van der Waals surface area contributed by atoms with Crippen molar-refractivity contribution in [3.05, 3.63) is 40.8 Å². The average molecular weight is 286 g/mol. The Kier molecular flexibility index (Phi) is 3.64. The number of methoxy groups -OCH3 is 1. The van der Waals surface area contributed by atoms with Gasteiger partial charge < -0.3 is 14.5 Å². The van der Waals surface area contributed by atoms with Crippen LogP contribution >= 0.6 is 0 Å². The molecule has 106 valence electrons. The molecule has 2 aromatic rings. The first-order valence-corrected chi connectivity index (χ1v) is 5.38. The Bertz CT molecular complexity index is 667. The van der Waals surface area contributed by atoms with Gasteiger partial charge in [0.2, 0.25) is 0 Å². The Morgan fingerprint density at radius 3 is 2.60 bits per heavy atom. The number of halogens is 3. The van der Waals surface area contributed by atoms with E-state index in [9.17, 15) is 18.0 Å². The van der Waals surface area contributed by atoms with Gasteiger partial charge in [-0.25, -0.2) is 4.98 Å². The zero-order valence-corrected chi connectivity index (χ0v) is 10.2. The van der Waals surface area contributed by atoms with Crippen LogP contribution in [0.25, 0.3) is 11.4 Å². The third-order valence-electron chi connectivity index (χ3n) is 2.33. The molecule has 0 saturated carbocycles. The number of nitrogens with one attached hydrogen (secondary N) is 1. The van der Waals surface area contributed by atoms with E-state index in [0.29, 0.717) is 5.56 Å². The largest absolute Gasteiger partial charge is 0.573 e. The second-order valence-electron chi connectivity index (χ2n) is 3.69. The van der Waals surface area contributed by atoms with Crippen LogP contribution in [-0.4, -0.2) is 23.4 Å². The summed E-state index contributed by atoms with van der Waals surface area (Å²) >= 11 is 0. The van der Waals surface area contributed by atoms with Crippen molar-refractivity contribution in [2.75, 3.05) is 7.11 Å². The molecule has 0 aliphatic carbocycles. The Labute approximate surface area is 111 Å². The van der Waals surface area contributed by atoms with E-state index in [2.05, 4.69) is 14.7 Å². The summed E-state index contributed by atoms with van der Waals surface area (Å²) in [5.41, 5.74) is -0.0348. The highest BCUT2D eigenvalue weighted by Crippen LogP contribution is 2.33.